The molecule has 0 radical (unpaired) electrons. The van der Waals surface area contributed by atoms with E-state index >= 15 is 0 Å². The largest absolute Gasteiger partial charge is 0.493 e. The van der Waals surface area contributed by atoms with E-state index < -0.39 is 5.82 Å². The van der Waals surface area contributed by atoms with Crippen molar-refractivity contribution < 1.29 is 13.9 Å². The second-order valence-electron chi connectivity index (χ2n) is 4.93. The minimum Gasteiger partial charge on any atom is -0.493 e. The van der Waals surface area contributed by atoms with E-state index in [-0.39, 0.29) is 18.1 Å². The van der Waals surface area contributed by atoms with Gasteiger partial charge in [0.2, 0.25) is 5.91 Å². The fourth-order valence-corrected chi connectivity index (χ4v) is 2.34. The number of nitrogens with one attached hydrogen (secondary N) is 1. The topological polar surface area (TPSA) is 81.9 Å². The second-order valence-corrected chi connectivity index (χ2v) is 4.93. The van der Waals surface area contributed by atoms with Gasteiger partial charge in [-0.2, -0.15) is 4.68 Å². The van der Waals surface area contributed by atoms with Crippen molar-refractivity contribution >= 4 is 11.6 Å². The Bertz CT molecular complexity index is 851. The quantitative estimate of drug-likeness (QED) is 0.775. The van der Waals surface area contributed by atoms with E-state index in [1.165, 1.54) is 30.3 Å². The number of hydrogen-bond donors (Lipinski definition) is 1. The van der Waals surface area contributed by atoms with Crippen LogP contribution in [0.4, 0.5) is 10.1 Å². The smallest absolute Gasteiger partial charge is 0.228 e. The van der Waals surface area contributed by atoms with Crippen molar-refractivity contribution in [1.82, 2.24) is 20.2 Å². The fourth-order valence-electron chi connectivity index (χ4n) is 2.34. The summed E-state index contributed by atoms with van der Waals surface area (Å²) in [5.74, 6) is -0.738. The van der Waals surface area contributed by atoms with E-state index in [1.807, 2.05) is 6.07 Å². The summed E-state index contributed by atoms with van der Waals surface area (Å²) in [4.78, 5) is 12.3. The number of halogens is 1. The third-order valence-corrected chi connectivity index (χ3v) is 3.38. The van der Waals surface area contributed by atoms with Gasteiger partial charge in [0.1, 0.15) is 6.33 Å². The summed E-state index contributed by atoms with van der Waals surface area (Å²) in [5.41, 5.74) is 1.64. The molecule has 0 bridgehead atoms. The Morgan fingerprint density at radius 3 is 2.83 bits per heavy atom. The molecular formula is C16H14FN5O2. The van der Waals surface area contributed by atoms with Gasteiger partial charge in [-0.25, -0.2) is 4.39 Å². The highest BCUT2D eigenvalue weighted by molar-refractivity contribution is 5.94. The first-order valence-electron chi connectivity index (χ1n) is 7.12. The zero-order valence-electron chi connectivity index (χ0n) is 12.8. The Kier molecular flexibility index (Phi) is 4.46. The molecule has 8 heteroatoms. The predicted octanol–water partition coefficient (Wildman–Crippen LogP) is 1.99. The molecule has 1 aromatic heterocycles. The molecule has 1 N–H and O–H groups in total. The highest BCUT2D eigenvalue weighted by Crippen LogP contribution is 2.24. The molecule has 0 aliphatic heterocycles. The van der Waals surface area contributed by atoms with Gasteiger partial charge in [0.15, 0.2) is 11.6 Å². The Labute approximate surface area is 137 Å². The summed E-state index contributed by atoms with van der Waals surface area (Å²) in [6.07, 6.45) is 1.41. The molecule has 0 aliphatic carbocycles. The highest BCUT2D eigenvalue weighted by Gasteiger charge is 2.14. The van der Waals surface area contributed by atoms with E-state index in [1.54, 1.807) is 24.3 Å². The normalized spacial score (nSPS) is 10.4. The van der Waals surface area contributed by atoms with E-state index in [9.17, 15) is 9.18 Å². The predicted molar refractivity (Wildman–Crippen MR) is 84.4 cm³/mol. The van der Waals surface area contributed by atoms with Crippen molar-refractivity contribution in [1.29, 1.82) is 0 Å². The van der Waals surface area contributed by atoms with Gasteiger partial charge in [-0.15, -0.1) is 5.10 Å². The van der Waals surface area contributed by atoms with Crippen molar-refractivity contribution in [2.45, 2.75) is 6.42 Å². The molecule has 24 heavy (non-hydrogen) atoms. The van der Waals surface area contributed by atoms with Gasteiger partial charge in [-0.1, -0.05) is 24.3 Å². The minimum absolute atomic E-state index is 0.0229. The maximum atomic E-state index is 13.7. The minimum atomic E-state index is -0.503. The van der Waals surface area contributed by atoms with E-state index in [4.69, 9.17) is 4.74 Å². The molecule has 0 atom stereocenters. The van der Waals surface area contributed by atoms with Crippen LogP contribution in [0.3, 0.4) is 0 Å². The zero-order chi connectivity index (χ0) is 16.9. The van der Waals surface area contributed by atoms with Crippen LogP contribution in [-0.2, 0) is 11.2 Å². The van der Waals surface area contributed by atoms with Crippen LogP contribution >= 0.6 is 0 Å². The molecule has 0 spiro atoms. The molecule has 0 saturated heterocycles. The highest BCUT2D eigenvalue weighted by atomic mass is 19.1. The number of methoxy groups -OCH3 is 1. The molecule has 0 aliphatic rings. The van der Waals surface area contributed by atoms with Gasteiger partial charge < -0.3 is 10.1 Å². The molecular weight excluding hydrogens is 313 g/mol. The second kappa shape index (κ2) is 6.86. The number of rotatable bonds is 5. The molecule has 0 fully saturated rings. The Morgan fingerprint density at radius 1 is 1.25 bits per heavy atom. The number of nitrogens with zero attached hydrogens (tertiary/aromatic N) is 4. The number of para-hydroxylation sites is 3. The van der Waals surface area contributed by atoms with Crippen LogP contribution in [0.5, 0.6) is 5.75 Å². The first-order valence-corrected chi connectivity index (χ1v) is 7.12. The molecule has 0 unspecified atom stereocenters. The van der Waals surface area contributed by atoms with Crippen molar-refractivity contribution in [3.05, 3.63) is 60.2 Å². The number of aromatic nitrogens is 4. The average molecular weight is 327 g/mol. The number of benzene rings is 2. The molecule has 3 rings (SSSR count). The van der Waals surface area contributed by atoms with Gasteiger partial charge >= 0.3 is 0 Å². The van der Waals surface area contributed by atoms with E-state index in [0.717, 1.165) is 0 Å². The van der Waals surface area contributed by atoms with Crippen LogP contribution in [0.1, 0.15) is 5.56 Å². The number of amides is 1. The lowest BCUT2D eigenvalue weighted by molar-refractivity contribution is -0.115. The van der Waals surface area contributed by atoms with Crippen molar-refractivity contribution in [3.8, 4) is 11.4 Å². The number of tetrazole rings is 1. The van der Waals surface area contributed by atoms with Crippen LogP contribution in [-0.4, -0.2) is 33.2 Å². The van der Waals surface area contributed by atoms with Gasteiger partial charge in [0.25, 0.3) is 0 Å². The Hall–Kier alpha value is -3.29. The van der Waals surface area contributed by atoms with Gasteiger partial charge in [-0.05, 0) is 28.6 Å². The van der Waals surface area contributed by atoms with Gasteiger partial charge in [0, 0.05) is 5.56 Å². The molecule has 122 valence electrons. The lowest BCUT2D eigenvalue weighted by atomic mass is 10.1. The Balaban J connectivity index is 1.81. The van der Waals surface area contributed by atoms with Crippen LogP contribution in [0.2, 0.25) is 0 Å². The summed E-state index contributed by atoms with van der Waals surface area (Å²) in [7, 11) is 1.37. The summed E-state index contributed by atoms with van der Waals surface area (Å²) < 4.78 is 20.2. The summed E-state index contributed by atoms with van der Waals surface area (Å²) in [6, 6.07) is 11.6. The summed E-state index contributed by atoms with van der Waals surface area (Å²) in [6.45, 7) is 0. The van der Waals surface area contributed by atoms with E-state index in [0.29, 0.717) is 16.9 Å². The molecule has 1 amide bonds. The molecule has 7 nitrogen and oxygen atoms in total. The van der Waals surface area contributed by atoms with Crippen molar-refractivity contribution in [3.63, 3.8) is 0 Å². The number of carbonyl (C=O) groups is 1. The summed E-state index contributed by atoms with van der Waals surface area (Å²) >= 11 is 0. The number of hydrogen-bond acceptors (Lipinski definition) is 5. The van der Waals surface area contributed by atoms with E-state index in [2.05, 4.69) is 20.8 Å². The standard InChI is InChI=1S/C16H14FN5O2/c1-24-16-11(5-4-6-12(16)17)9-15(23)19-13-7-2-3-8-14(13)22-10-18-20-21-22/h2-8,10H,9H2,1H3,(H,19,23). The van der Waals surface area contributed by atoms with Crippen molar-refractivity contribution in [2.75, 3.05) is 12.4 Å². The average Bonchev–Trinajstić information content (AvgIpc) is 3.10. The van der Waals surface area contributed by atoms with Gasteiger partial charge in [-0.3, -0.25) is 4.79 Å². The number of carbonyl (C=O) groups excluding carboxylic acids is 1. The SMILES string of the molecule is COc1c(F)cccc1CC(=O)Nc1ccccc1-n1cnnn1. The van der Waals surface area contributed by atoms with Crippen LogP contribution in [0.25, 0.3) is 5.69 Å². The lowest BCUT2D eigenvalue weighted by Crippen LogP contribution is -2.16. The number of ether oxygens (including phenoxy) is 1. The fraction of sp³-hybridized carbons (Fsp3) is 0.125. The number of anilines is 1. The molecule has 3 aromatic rings. The third kappa shape index (κ3) is 3.22. The zero-order valence-corrected chi connectivity index (χ0v) is 12.8. The maximum absolute atomic E-state index is 13.7. The molecule has 2 aromatic carbocycles. The molecule has 1 heterocycles. The maximum Gasteiger partial charge on any atom is 0.228 e. The Morgan fingerprint density at radius 2 is 2.08 bits per heavy atom. The summed E-state index contributed by atoms with van der Waals surface area (Å²) in [5, 5.41) is 13.8. The first kappa shape index (κ1) is 15.6. The monoisotopic (exact) mass is 327 g/mol. The molecule has 0 saturated carbocycles. The first-order chi connectivity index (χ1) is 11.7. The van der Waals surface area contributed by atoms with Crippen LogP contribution in [0.15, 0.2) is 48.8 Å². The lowest BCUT2D eigenvalue weighted by Gasteiger charge is -2.12. The van der Waals surface area contributed by atoms with Gasteiger partial charge in [0.05, 0.1) is 24.9 Å². The van der Waals surface area contributed by atoms with Crippen molar-refractivity contribution in [2.24, 2.45) is 0 Å². The van der Waals surface area contributed by atoms with Crippen LogP contribution in [0, 0.1) is 5.82 Å². The third-order valence-electron chi connectivity index (χ3n) is 3.38. The van der Waals surface area contributed by atoms with Crippen LogP contribution < -0.4 is 10.1 Å².